The molecule has 2 aliphatic rings. The zero-order chi connectivity index (χ0) is 20.0. The van der Waals surface area contributed by atoms with Crippen molar-refractivity contribution in [3.05, 3.63) is 42.0 Å². The van der Waals surface area contributed by atoms with Crippen LogP contribution in [0.1, 0.15) is 39.0 Å². The summed E-state index contributed by atoms with van der Waals surface area (Å²) in [4.78, 5) is 14.0. The lowest BCUT2D eigenvalue weighted by Gasteiger charge is -2.34. The van der Waals surface area contributed by atoms with Crippen LogP contribution >= 0.6 is 0 Å². The molecule has 1 saturated heterocycles. The van der Waals surface area contributed by atoms with Gasteiger partial charge in [-0.1, -0.05) is 29.8 Å². The Bertz CT molecular complexity index is 784. The van der Waals surface area contributed by atoms with E-state index in [4.69, 9.17) is 0 Å². The van der Waals surface area contributed by atoms with Crippen LogP contribution in [-0.2, 0) is 14.8 Å². The van der Waals surface area contributed by atoms with Crippen LogP contribution in [0.15, 0.2) is 46.9 Å². The Hall–Kier alpha value is -1.70. The van der Waals surface area contributed by atoms with Crippen molar-refractivity contribution in [3.8, 4) is 0 Å². The van der Waals surface area contributed by atoms with Gasteiger partial charge in [-0.15, -0.1) is 0 Å². The third-order valence-electron chi connectivity index (χ3n) is 5.88. The number of nitrogens with one attached hydrogen (secondary N) is 2. The highest BCUT2D eigenvalue weighted by Crippen LogP contribution is 2.19. The summed E-state index contributed by atoms with van der Waals surface area (Å²) in [5.74, 6) is 0.0609. The number of sulfonamides is 1. The van der Waals surface area contributed by atoms with Crippen molar-refractivity contribution in [1.29, 1.82) is 0 Å². The van der Waals surface area contributed by atoms with Crippen LogP contribution in [0, 0.1) is 0 Å². The summed E-state index contributed by atoms with van der Waals surface area (Å²) in [7, 11) is -3.44. The minimum atomic E-state index is -3.44. The number of quaternary nitrogens is 1. The summed E-state index contributed by atoms with van der Waals surface area (Å²) in [5, 5.41) is 3.06. The number of amides is 1. The van der Waals surface area contributed by atoms with Gasteiger partial charge in [0.15, 0.2) is 6.04 Å². The van der Waals surface area contributed by atoms with E-state index in [2.05, 4.69) is 11.4 Å². The Kier molecular flexibility index (Phi) is 7.26. The van der Waals surface area contributed by atoms with Crippen molar-refractivity contribution >= 4 is 15.9 Å². The van der Waals surface area contributed by atoms with Crippen molar-refractivity contribution in [2.24, 2.45) is 0 Å². The number of allylic oxidation sites excluding steroid dienone is 1. The Balaban J connectivity index is 1.46. The maximum absolute atomic E-state index is 12.7. The molecule has 0 spiro atoms. The maximum atomic E-state index is 12.7. The second kappa shape index (κ2) is 9.67. The smallest absolute Gasteiger partial charge is 0.278 e. The van der Waals surface area contributed by atoms with Crippen LogP contribution in [0.4, 0.5) is 0 Å². The second-order valence-corrected chi connectivity index (χ2v) is 9.68. The van der Waals surface area contributed by atoms with Crippen molar-refractivity contribution in [1.82, 2.24) is 9.62 Å². The molecule has 2 N–H and O–H groups in total. The topological polar surface area (TPSA) is 70.9 Å². The molecule has 0 radical (unpaired) electrons. The Morgan fingerprint density at radius 3 is 2.54 bits per heavy atom. The largest absolute Gasteiger partial charge is 0.351 e. The van der Waals surface area contributed by atoms with Crippen LogP contribution in [-0.4, -0.2) is 57.4 Å². The van der Waals surface area contributed by atoms with Gasteiger partial charge < -0.3 is 10.2 Å². The van der Waals surface area contributed by atoms with Gasteiger partial charge in [-0.2, -0.15) is 4.31 Å². The number of carbonyl (C=O) groups excluding carboxylic acids is 1. The molecule has 3 rings (SSSR count). The monoisotopic (exact) mass is 406 g/mol. The second-order valence-electron chi connectivity index (χ2n) is 7.75. The zero-order valence-corrected chi connectivity index (χ0v) is 17.5. The molecular weight excluding hydrogens is 374 g/mol. The van der Waals surface area contributed by atoms with E-state index in [1.807, 2.05) is 13.0 Å². The van der Waals surface area contributed by atoms with Gasteiger partial charge in [0.25, 0.3) is 5.91 Å². The fraction of sp³-hybridized carbons (Fsp3) is 0.571. The first-order valence-electron chi connectivity index (χ1n) is 10.3. The van der Waals surface area contributed by atoms with E-state index < -0.39 is 10.0 Å². The van der Waals surface area contributed by atoms with E-state index in [-0.39, 0.29) is 11.9 Å². The highest BCUT2D eigenvalue weighted by molar-refractivity contribution is 7.89. The van der Waals surface area contributed by atoms with Gasteiger partial charge in [-0.05, 0) is 51.2 Å². The highest BCUT2D eigenvalue weighted by Gasteiger charge is 2.34. The van der Waals surface area contributed by atoms with Gasteiger partial charge >= 0.3 is 0 Å². The average molecular weight is 407 g/mol. The lowest BCUT2D eigenvalue weighted by atomic mass is 9.97. The highest BCUT2D eigenvalue weighted by atomic mass is 32.2. The lowest BCUT2D eigenvalue weighted by molar-refractivity contribution is -0.917. The van der Waals surface area contributed by atoms with Crippen molar-refractivity contribution in [2.75, 3.05) is 32.7 Å². The molecule has 1 aromatic carbocycles. The molecule has 1 aliphatic heterocycles. The average Bonchev–Trinajstić information content (AvgIpc) is 2.74. The quantitative estimate of drug-likeness (QED) is 0.663. The predicted molar refractivity (Wildman–Crippen MR) is 110 cm³/mol. The molecule has 1 atom stereocenters. The minimum Gasteiger partial charge on any atom is -0.351 e. The zero-order valence-electron chi connectivity index (χ0n) is 16.7. The van der Waals surface area contributed by atoms with E-state index in [0.717, 1.165) is 17.7 Å². The first-order chi connectivity index (χ1) is 13.5. The van der Waals surface area contributed by atoms with Gasteiger partial charge in [-0.25, -0.2) is 8.42 Å². The summed E-state index contributed by atoms with van der Waals surface area (Å²) in [6.45, 7) is 4.80. The van der Waals surface area contributed by atoms with E-state index in [0.29, 0.717) is 37.6 Å². The van der Waals surface area contributed by atoms with Crippen LogP contribution in [0.3, 0.4) is 0 Å². The first-order valence-corrected chi connectivity index (χ1v) is 11.8. The molecular formula is C21H32N3O3S+. The Morgan fingerprint density at radius 2 is 1.89 bits per heavy atom. The van der Waals surface area contributed by atoms with Crippen LogP contribution in [0.25, 0.3) is 0 Å². The molecule has 154 valence electrons. The first kappa shape index (κ1) is 21.0. The predicted octanol–water partition coefficient (Wildman–Crippen LogP) is 0.971. The van der Waals surface area contributed by atoms with Crippen LogP contribution < -0.4 is 10.2 Å². The number of carbonyl (C=O) groups is 1. The SMILES string of the molecule is C[C@H](C(=O)NCCC1=CCCCC1)[NH+]1CCN(S(=O)(=O)c2ccccc2)CC1. The molecule has 0 saturated carbocycles. The van der Waals surface area contributed by atoms with E-state index >= 15 is 0 Å². The van der Waals surface area contributed by atoms with Crippen LogP contribution in [0.5, 0.6) is 0 Å². The van der Waals surface area contributed by atoms with E-state index in [1.54, 1.807) is 24.3 Å². The van der Waals surface area contributed by atoms with Gasteiger partial charge in [-0.3, -0.25) is 4.79 Å². The molecule has 0 aromatic heterocycles. The molecule has 1 fully saturated rings. The van der Waals surface area contributed by atoms with Gasteiger partial charge in [0.2, 0.25) is 10.0 Å². The standard InChI is InChI=1S/C21H31N3O3S/c1-18(21(25)22-13-12-19-8-4-2-5-9-19)23-14-16-24(17-15-23)28(26,27)20-10-6-3-7-11-20/h3,6-8,10-11,18H,2,4-5,9,12-17H2,1H3,(H,22,25)/p+1/t18-/m1/s1. The molecule has 1 heterocycles. The van der Waals surface area contributed by atoms with Crippen LogP contribution in [0.2, 0.25) is 0 Å². The van der Waals surface area contributed by atoms with Gasteiger partial charge in [0, 0.05) is 6.54 Å². The summed E-state index contributed by atoms with van der Waals surface area (Å²) in [6.07, 6.45) is 8.13. The third kappa shape index (κ3) is 5.21. The number of rotatable bonds is 7. The third-order valence-corrected chi connectivity index (χ3v) is 7.79. The van der Waals surface area contributed by atoms with Crippen molar-refractivity contribution in [3.63, 3.8) is 0 Å². The molecule has 0 bridgehead atoms. The normalized spacial score (nSPS) is 20.4. The molecule has 1 aromatic rings. The van der Waals surface area contributed by atoms with Gasteiger partial charge in [0.1, 0.15) is 0 Å². The Morgan fingerprint density at radius 1 is 1.18 bits per heavy atom. The number of hydrogen-bond donors (Lipinski definition) is 2. The van der Waals surface area contributed by atoms with E-state index in [9.17, 15) is 13.2 Å². The summed E-state index contributed by atoms with van der Waals surface area (Å²) >= 11 is 0. The Labute approximate surface area is 168 Å². The summed E-state index contributed by atoms with van der Waals surface area (Å²) in [6, 6.07) is 8.39. The lowest BCUT2D eigenvalue weighted by Crippen LogP contribution is -3.19. The molecule has 28 heavy (non-hydrogen) atoms. The molecule has 7 heteroatoms. The summed E-state index contributed by atoms with van der Waals surface area (Å²) in [5.41, 5.74) is 1.46. The fourth-order valence-electron chi connectivity index (χ4n) is 4.00. The summed E-state index contributed by atoms with van der Waals surface area (Å²) < 4.78 is 27.0. The van der Waals surface area contributed by atoms with Crippen molar-refractivity contribution in [2.45, 2.75) is 50.0 Å². The number of piperazine rings is 1. The number of benzene rings is 1. The fourth-order valence-corrected chi connectivity index (χ4v) is 5.47. The molecule has 0 unspecified atom stereocenters. The van der Waals surface area contributed by atoms with E-state index in [1.165, 1.54) is 29.1 Å². The molecule has 1 aliphatic carbocycles. The molecule has 6 nitrogen and oxygen atoms in total. The maximum Gasteiger partial charge on any atom is 0.278 e. The van der Waals surface area contributed by atoms with Gasteiger partial charge in [0.05, 0.1) is 31.1 Å². The number of hydrogen-bond acceptors (Lipinski definition) is 3. The number of nitrogens with zero attached hydrogens (tertiary/aromatic N) is 1. The van der Waals surface area contributed by atoms with Crippen molar-refractivity contribution < 1.29 is 18.1 Å². The minimum absolute atomic E-state index is 0.0609. The molecule has 1 amide bonds.